The number of thiophene rings is 1. The van der Waals surface area contributed by atoms with Crippen LogP contribution in [-0.4, -0.2) is 44.4 Å². The number of nitrogens with zero attached hydrogens (tertiary/aromatic N) is 6. The Balaban J connectivity index is 1.56. The van der Waals surface area contributed by atoms with Crippen molar-refractivity contribution in [2.45, 2.75) is 26.9 Å². The van der Waals surface area contributed by atoms with Crippen LogP contribution in [0.1, 0.15) is 26.9 Å². The fourth-order valence-electron chi connectivity index (χ4n) is 3.88. The molecule has 1 aliphatic heterocycles. The zero-order chi connectivity index (χ0) is 20.8. The highest BCUT2D eigenvalue weighted by atomic mass is 32.1. The van der Waals surface area contributed by atoms with Gasteiger partial charge in [0.05, 0.1) is 19.0 Å². The lowest BCUT2D eigenvalue weighted by Crippen LogP contribution is -2.35. The molecule has 30 heavy (non-hydrogen) atoms. The van der Waals surface area contributed by atoms with E-state index in [1.165, 1.54) is 18.4 Å². The van der Waals surface area contributed by atoms with Crippen LogP contribution >= 0.6 is 11.3 Å². The lowest BCUT2D eigenvalue weighted by molar-refractivity contribution is 0.0605. The lowest BCUT2D eigenvalue weighted by atomic mass is 10.1. The number of hydrogen-bond donors (Lipinski definition) is 0. The topological polar surface area (TPSA) is 86.0 Å². The number of aryl methyl sites for hydroxylation is 2. The van der Waals surface area contributed by atoms with E-state index in [1.54, 1.807) is 0 Å². The fourth-order valence-corrected chi connectivity index (χ4v) is 5.02. The monoisotopic (exact) mass is 420 g/mol. The molecule has 152 valence electrons. The maximum absolute atomic E-state index is 12.2. The van der Waals surface area contributed by atoms with Crippen LogP contribution < -0.4 is 4.90 Å². The summed E-state index contributed by atoms with van der Waals surface area (Å²) in [5, 5.41) is 9.77. The van der Waals surface area contributed by atoms with Gasteiger partial charge in [0.1, 0.15) is 21.3 Å². The molecule has 0 amide bonds. The van der Waals surface area contributed by atoms with Crippen molar-refractivity contribution in [1.29, 1.82) is 0 Å². The summed E-state index contributed by atoms with van der Waals surface area (Å²) in [6.07, 6.45) is 0. The van der Waals surface area contributed by atoms with E-state index < -0.39 is 0 Å². The van der Waals surface area contributed by atoms with Crippen molar-refractivity contribution < 1.29 is 9.53 Å². The number of benzene rings is 1. The summed E-state index contributed by atoms with van der Waals surface area (Å²) in [7, 11) is 1.39. The van der Waals surface area contributed by atoms with Gasteiger partial charge in [0.2, 0.25) is 0 Å². The highest BCUT2D eigenvalue weighted by Gasteiger charge is 2.27. The van der Waals surface area contributed by atoms with Gasteiger partial charge in [-0.25, -0.2) is 14.8 Å². The summed E-state index contributed by atoms with van der Waals surface area (Å²) >= 11 is 1.35. The van der Waals surface area contributed by atoms with Gasteiger partial charge in [-0.3, -0.25) is 0 Å². The first-order chi connectivity index (χ1) is 14.6. The van der Waals surface area contributed by atoms with E-state index in [0.29, 0.717) is 17.2 Å². The van der Waals surface area contributed by atoms with Gasteiger partial charge < -0.3 is 14.2 Å². The van der Waals surface area contributed by atoms with E-state index in [0.717, 1.165) is 51.9 Å². The molecule has 4 heterocycles. The Hall–Kier alpha value is -3.33. The molecular formula is C21H20N6O2S. The molecule has 0 aliphatic carbocycles. The standard InChI is InChI=1S/C21H20N6O2S/c1-12-16-19(22-13(2)23-20(16)30-17(12)21(28)29-3)26-9-10-27-15(11-26)24-25-18(27)14-7-5-4-6-8-14/h4-8H,9-11H2,1-3H3. The number of methoxy groups -OCH3 is 1. The summed E-state index contributed by atoms with van der Waals surface area (Å²) in [4.78, 5) is 25.0. The summed E-state index contributed by atoms with van der Waals surface area (Å²) < 4.78 is 7.11. The molecular weight excluding hydrogens is 400 g/mol. The smallest absolute Gasteiger partial charge is 0.348 e. The second kappa shape index (κ2) is 7.17. The van der Waals surface area contributed by atoms with Gasteiger partial charge in [-0.15, -0.1) is 21.5 Å². The molecule has 0 atom stereocenters. The zero-order valence-electron chi connectivity index (χ0n) is 16.9. The number of aromatic nitrogens is 5. The molecule has 5 rings (SSSR count). The first-order valence-electron chi connectivity index (χ1n) is 9.65. The Labute approximate surface area is 177 Å². The highest BCUT2D eigenvalue weighted by Crippen LogP contribution is 2.37. The second-order valence-corrected chi connectivity index (χ2v) is 8.20. The van der Waals surface area contributed by atoms with Crippen molar-refractivity contribution >= 4 is 33.3 Å². The molecule has 1 aromatic carbocycles. The molecule has 3 aromatic heterocycles. The van der Waals surface area contributed by atoms with Crippen molar-refractivity contribution in [2.24, 2.45) is 0 Å². The number of hydrogen-bond acceptors (Lipinski definition) is 8. The third kappa shape index (κ3) is 2.93. The van der Waals surface area contributed by atoms with E-state index in [4.69, 9.17) is 9.72 Å². The maximum Gasteiger partial charge on any atom is 0.348 e. The number of carbonyl (C=O) groups excluding carboxylic acids is 1. The molecule has 1 aliphatic rings. The summed E-state index contributed by atoms with van der Waals surface area (Å²) in [6, 6.07) is 10.1. The van der Waals surface area contributed by atoms with Crippen LogP contribution in [0, 0.1) is 13.8 Å². The molecule has 0 saturated carbocycles. The van der Waals surface area contributed by atoms with Gasteiger partial charge in [0.25, 0.3) is 0 Å². The highest BCUT2D eigenvalue weighted by molar-refractivity contribution is 7.20. The van der Waals surface area contributed by atoms with Gasteiger partial charge in [-0.2, -0.15) is 0 Å². The van der Waals surface area contributed by atoms with Gasteiger partial charge >= 0.3 is 5.97 Å². The van der Waals surface area contributed by atoms with Crippen molar-refractivity contribution in [1.82, 2.24) is 24.7 Å². The minimum atomic E-state index is -0.343. The van der Waals surface area contributed by atoms with Crippen LogP contribution in [0.3, 0.4) is 0 Å². The number of ether oxygens (including phenoxy) is 1. The molecule has 0 bridgehead atoms. The molecule has 0 radical (unpaired) electrons. The first-order valence-corrected chi connectivity index (χ1v) is 10.5. The SMILES string of the molecule is COC(=O)c1sc2nc(C)nc(N3CCn4c(nnc4-c4ccccc4)C3)c2c1C. The number of anilines is 1. The molecule has 4 aromatic rings. The molecule has 0 N–H and O–H groups in total. The summed E-state index contributed by atoms with van der Waals surface area (Å²) in [5.41, 5.74) is 1.91. The second-order valence-electron chi connectivity index (χ2n) is 7.20. The van der Waals surface area contributed by atoms with E-state index in [9.17, 15) is 4.79 Å². The average Bonchev–Trinajstić information content (AvgIpc) is 3.34. The Morgan fingerprint density at radius 2 is 1.90 bits per heavy atom. The molecule has 0 saturated heterocycles. The summed E-state index contributed by atoms with van der Waals surface area (Å²) in [5.74, 6) is 2.94. The Bertz CT molecular complexity index is 1260. The van der Waals surface area contributed by atoms with E-state index in [-0.39, 0.29) is 5.97 Å². The predicted molar refractivity (Wildman–Crippen MR) is 115 cm³/mol. The van der Waals surface area contributed by atoms with Crippen LogP contribution in [0.5, 0.6) is 0 Å². The molecule has 0 unspecified atom stereocenters. The van der Waals surface area contributed by atoms with Gasteiger partial charge in [0.15, 0.2) is 11.6 Å². The lowest BCUT2D eigenvalue weighted by Gasteiger charge is -2.29. The van der Waals surface area contributed by atoms with Crippen LogP contribution in [0.4, 0.5) is 5.82 Å². The third-order valence-corrected chi connectivity index (χ3v) is 6.50. The Morgan fingerprint density at radius 3 is 2.67 bits per heavy atom. The quantitative estimate of drug-likeness (QED) is 0.470. The Kier molecular flexibility index (Phi) is 4.47. The largest absolute Gasteiger partial charge is 0.465 e. The average molecular weight is 420 g/mol. The number of esters is 1. The van der Waals surface area contributed by atoms with Gasteiger partial charge in [-0.1, -0.05) is 30.3 Å². The van der Waals surface area contributed by atoms with Crippen LogP contribution in [-0.2, 0) is 17.8 Å². The van der Waals surface area contributed by atoms with Crippen LogP contribution in [0.15, 0.2) is 30.3 Å². The molecule has 8 nitrogen and oxygen atoms in total. The van der Waals surface area contributed by atoms with Gasteiger partial charge in [0, 0.05) is 18.7 Å². The van der Waals surface area contributed by atoms with Crippen molar-refractivity contribution in [3.63, 3.8) is 0 Å². The fraction of sp³-hybridized carbons (Fsp3) is 0.286. The molecule has 0 spiro atoms. The minimum absolute atomic E-state index is 0.343. The van der Waals surface area contributed by atoms with Crippen molar-refractivity contribution in [3.8, 4) is 11.4 Å². The number of rotatable bonds is 3. The maximum atomic E-state index is 12.2. The van der Waals surface area contributed by atoms with Crippen LogP contribution in [0.2, 0.25) is 0 Å². The molecule has 9 heteroatoms. The third-order valence-electron chi connectivity index (χ3n) is 5.34. The van der Waals surface area contributed by atoms with Crippen LogP contribution in [0.25, 0.3) is 21.6 Å². The van der Waals surface area contributed by atoms with E-state index in [2.05, 4.69) is 24.6 Å². The number of carbonyl (C=O) groups is 1. The van der Waals surface area contributed by atoms with E-state index in [1.807, 2.05) is 44.2 Å². The summed E-state index contributed by atoms with van der Waals surface area (Å²) in [6.45, 7) is 5.90. The number of fused-ring (bicyclic) bond motifs is 2. The predicted octanol–water partition coefficient (Wildman–Crippen LogP) is 3.37. The Morgan fingerprint density at radius 1 is 1.10 bits per heavy atom. The first kappa shape index (κ1) is 18.7. The van der Waals surface area contributed by atoms with Crippen molar-refractivity contribution in [2.75, 3.05) is 18.6 Å². The van der Waals surface area contributed by atoms with Gasteiger partial charge in [-0.05, 0) is 19.4 Å². The minimum Gasteiger partial charge on any atom is -0.465 e. The normalized spacial score (nSPS) is 13.5. The van der Waals surface area contributed by atoms with Crippen molar-refractivity contribution in [3.05, 3.63) is 52.4 Å². The zero-order valence-corrected chi connectivity index (χ0v) is 17.7. The molecule has 0 fully saturated rings. The van der Waals surface area contributed by atoms with E-state index >= 15 is 0 Å².